The Morgan fingerprint density at radius 2 is 2.06 bits per heavy atom. The fourth-order valence-corrected chi connectivity index (χ4v) is 2.06. The van der Waals surface area contributed by atoms with Gasteiger partial charge in [-0.3, -0.25) is 4.79 Å². The minimum Gasteiger partial charge on any atom is -0.322 e. The fourth-order valence-electron chi connectivity index (χ4n) is 2.06. The van der Waals surface area contributed by atoms with Crippen LogP contribution < -0.4 is 11.1 Å². The van der Waals surface area contributed by atoms with Crippen molar-refractivity contribution in [1.29, 1.82) is 0 Å². The van der Waals surface area contributed by atoms with E-state index < -0.39 is 0 Å². The second-order valence-corrected chi connectivity index (χ2v) is 4.51. The summed E-state index contributed by atoms with van der Waals surface area (Å²) in [5.41, 5.74) is 5.77. The topological polar surface area (TPSA) is 58.4 Å². The van der Waals surface area contributed by atoms with Crippen LogP contribution in [0.3, 0.4) is 0 Å². The minimum atomic E-state index is -0.229. The number of hydrogen-bond donors (Lipinski definition) is 2. The highest BCUT2D eigenvalue weighted by Crippen LogP contribution is 2.04. The van der Waals surface area contributed by atoms with Crippen LogP contribution in [0.1, 0.15) is 35.5 Å². The van der Waals surface area contributed by atoms with E-state index in [1.807, 2.05) is 6.92 Å². The number of carbonyl (C=O) groups excluding carboxylic acids is 1. The lowest BCUT2D eigenvalue weighted by Gasteiger charge is -2.27. The van der Waals surface area contributed by atoms with Crippen LogP contribution in [-0.4, -0.2) is 49.4 Å². The van der Waals surface area contributed by atoms with Gasteiger partial charge in [-0.25, -0.2) is 0 Å². The van der Waals surface area contributed by atoms with Crippen LogP contribution in [0, 0.1) is 0 Å². The van der Waals surface area contributed by atoms with E-state index in [4.69, 9.17) is 5.73 Å². The maximum Gasteiger partial charge on any atom is 0.149 e. The average molecular weight is 265 g/mol. The first-order valence-electron chi connectivity index (χ1n) is 6.45. The molecule has 1 aliphatic rings. The van der Waals surface area contributed by atoms with Crippen molar-refractivity contribution in [2.45, 2.75) is 38.6 Å². The third-order valence-electron chi connectivity index (χ3n) is 3.21. The molecule has 0 aromatic rings. The Bertz CT molecular complexity index is 217. The molecule has 0 amide bonds. The van der Waals surface area contributed by atoms with Gasteiger partial charge >= 0.3 is 0 Å². The van der Waals surface area contributed by atoms with Gasteiger partial charge in [0.2, 0.25) is 0 Å². The van der Waals surface area contributed by atoms with Gasteiger partial charge in [0.15, 0.2) is 0 Å². The molecular weight excluding hydrogens is 233 g/mol. The van der Waals surface area contributed by atoms with E-state index in [-0.39, 0.29) is 24.6 Å². The molecule has 0 bridgehead atoms. The molecule has 0 aromatic carbocycles. The minimum absolute atomic E-state index is 0. The Morgan fingerprint density at radius 3 is 2.65 bits per heavy atom. The maximum absolute atomic E-state index is 11.3. The van der Waals surface area contributed by atoms with Gasteiger partial charge in [0.25, 0.3) is 0 Å². The molecule has 106 valence electrons. The second kappa shape index (κ2) is 9.95. The number of ketones is 1. The lowest BCUT2D eigenvalue weighted by molar-refractivity contribution is -0.120. The molecule has 0 aromatic heterocycles. The predicted molar refractivity (Wildman–Crippen MR) is 81.8 cm³/mol. The monoisotopic (exact) mass is 265 g/mol. The van der Waals surface area contributed by atoms with Crippen LogP contribution in [0.4, 0.5) is 0 Å². The maximum atomic E-state index is 11.3. The average Bonchev–Trinajstić information content (AvgIpc) is 2.34. The number of nitrogens with two attached hydrogens (primary N) is 1. The number of Topliss-reactive ketones (excluding diaryl/α,β-unsaturated/α-hetero) is 1. The van der Waals surface area contributed by atoms with E-state index in [0.717, 1.165) is 52.0 Å². The second-order valence-electron chi connectivity index (χ2n) is 4.51. The van der Waals surface area contributed by atoms with Crippen LogP contribution in [-0.2, 0) is 4.79 Å². The first-order valence-corrected chi connectivity index (χ1v) is 6.45. The van der Waals surface area contributed by atoms with Crippen molar-refractivity contribution in [3.05, 3.63) is 0 Å². The molecule has 0 radical (unpaired) electrons. The standard InChI is InChI=1S/C12H25N3O.H3P.2H2/c1-2-12(16)11(13)5-3-4-8-15-9-6-14-7-10-15;;;/h11,14H,2-10,13H2,1H3;1H3;2*1H/t11-;;;/m0.../s1. The molecule has 2 atom stereocenters. The van der Waals surface area contributed by atoms with E-state index in [0.29, 0.717) is 6.42 Å². The van der Waals surface area contributed by atoms with E-state index in [9.17, 15) is 4.79 Å². The summed E-state index contributed by atoms with van der Waals surface area (Å²) in [5.74, 6) is 0.196. The van der Waals surface area contributed by atoms with Crippen LogP contribution >= 0.6 is 9.90 Å². The van der Waals surface area contributed by atoms with Crippen LogP contribution in [0.5, 0.6) is 0 Å². The van der Waals surface area contributed by atoms with Crippen molar-refractivity contribution in [2.75, 3.05) is 32.7 Å². The third-order valence-corrected chi connectivity index (χ3v) is 3.21. The largest absolute Gasteiger partial charge is 0.322 e. The number of unbranched alkanes of at least 4 members (excludes halogenated alkanes) is 1. The number of nitrogens with zero attached hydrogens (tertiary/aromatic N) is 1. The summed E-state index contributed by atoms with van der Waals surface area (Å²) in [7, 11) is 0. The van der Waals surface area contributed by atoms with Gasteiger partial charge in [0.05, 0.1) is 6.04 Å². The molecule has 1 aliphatic heterocycles. The number of carbonyl (C=O) groups is 1. The summed E-state index contributed by atoms with van der Waals surface area (Å²) in [6.45, 7) is 7.54. The Kier molecular flexibility index (Phi) is 9.94. The summed E-state index contributed by atoms with van der Waals surface area (Å²) in [5, 5.41) is 3.34. The van der Waals surface area contributed by atoms with Crippen molar-refractivity contribution in [3.8, 4) is 0 Å². The molecule has 17 heavy (non-hydrogen) atoms. The Balaban J connectivity index is -0.000000853. The van der Waals surface area contributed by atoms with Crippen LogP contribution in [0.25, 0.3) is 0 Å². The van der Waals surface area contributed by atoms with Crippen molar-refractivity contribution in [3.63, 3.8) is 0 Å². The van der Waals surface area contributed by atoms with Crippen molar-refractivity contribution in [2.24, 2.45) is 5.73 Å². The Hall–Kier alpha value is -0.0200. The van der Waals surface area contributed by atoms with Gasteiger partial charge in [0.1, 0.15) is 5.78 Å². The Labute approximate surface area is 111 Å². The molecule has 1 rings (SSSR count). The molecule has 3 N–H and O–H groups in total. The number of rotatable bonds is 7. The molecule has 4 nitrogen and oxygen atoms in total. The number of hydrogen-bond acceptors (Lipinski definition) is 4. The van der Waals surface area contributed by atoms with E-state index in [1.165, 1.54) is 0 Å². The van der Waals surface area contributed by atoms with Crippen molar-refractivity contribution >= 4 is 15.7 Å². The quantitative estimate of drug-likeness (QED) is 0.531. The zero-order valence-corrected chi connectivity index (χ0v) is 12.5. The molecule has 1 unspecified atom stereocenters. The van der Waals surface area contributed by atoms with Gasteiger partial charge in [-0.2, -0.15) is 9.90 Å². The first-order chi connectivity index (χ1) is 7.74. The van der Waals surface area contributed by atoms with E-state index >= 15 is 0 Å². The molecule has 0 spiro atoms. The van der Waals surface area contributed by atoms with Crippen molar-refractivity contribution < 1.29 is 7.65 Å². The zero-order chi connectivity index (χ0) is 11.8. The van der Waals surface area contributed by atoms with Crippen molar-refractivity contribution in [1.82, 2.24) is 10.2 Å². The zero-order valence-electron chi connectivity index (χ0n) is 11.1. The Morgan fingerprint density at radius 1 is 1.41 bits per heavy atom. The smallest absolute Gasteiger partial charge is 0.149 e. The highest BCUT2D eigenvalue weighted by atomic mass is 31.0. The number of piperazine rings is 1. The SMILES string of the molecule is CCC(=O)[C@@H](N)CCCCN1CCNCC1.P.[HH].[HH]. The molecular formula is C12H32N3OP. The molecule has 0 saturated carbocycles. The highest BCUT2D eigenvalue weighted by molar-refractivity contribution is 6.92. The summed E-state index contributed by atoms with van der Waals surface area (Å²) in [6.07, 6.45) is 3.64. The summed E-state index contributed by atoms with van der Waals surface area (Å²) in [6, 6.07) is -0.229. The normalized spacial score (nSPS) is 18.5. The van der Waals surface area contributed by atoms with E-state index in [1.54, 1.807) is 0 Å². The molecule has 5 heteroatoms. The molecule has 1 heterocycles. The van der Waals surface area contributed by atoms with Gasteiger partial charge in [-0.05, 0) is 19.4 Å². The summed E-state index contributed by atoms with van der Waals surface area (Å²) >= 11 is 0. The molecule has 1 fully saturated rings. The van der Waals surface area contributed by atoms with Gasteiger partial charge in [-0.15, -0.1) is 0 Å². The number of nitrogens with one attached hydrogen (secondary N) is 1. The third kappa shape index (κ3) is 7.10. The van der Waals surface area contributed by atoms with Gasteiger partial charge in [0, 0.05) is 35.5 Å². The lowest BCUT2D eigenvalue weighted by atomic mass is 10.0. The van der Waals surface area contributed by atoms with E-state index in [2.05, 4.69) is 10.2 Å². The van der Waals surface area contributed by atoms with Crippen LogP contribution in [0.15, 0.2) is 0 Å². The van der Waals surface area contributed by atoms with Gasteiger partial charge in [-0.1, -0.05) is 13.3 Å². The summed E-state index contributed by atoms with van der Waals surface area (Å²) < 4.78 is 0. The molecule has 0 aliphatic carbocycles. The highest BCUT2D eigenvalue weighted by Gasteiger charge is 2.12. The lowest BCUT2D eigenvalue weighted by Crippen LogP contribution is -2.43. The van der Waals surface area contributed by atoms with Gasteiger partial charge < -0.3 is 16.0 Å². The molecule has 1 saturated heterocycles. The van der Waals surface area contributed by atoms with Crippen LogP contribution in [0.2, 0.25) is 0 Å². The predicted octanol–water partition coefficient (Wildman–Crippen LogP) is 0.918. The first kappa shape index (κ1) is 17.0. The summed E-state index contributed by atoms with van der Waals surface area (Å²) in [4.78, 5) is 13.7. The fraction of sp³-hybridized carbons (Fsp3) is 0.917.